The van der Waals surface area contributed by atoms with Crippen LogP contribution in [0.25, 0.3) is 0 Å². The Morgan fingerprint density at radius 1 is 1.02 bits per heavy atom. The second-order valence-electron chi connectivity index (χ2n) is 10.4. The number of amides is 2. The SMILES string of the molecule is CS(=O)(=O)NC1CCCCC1.NSc1cccc(CONC(=O)[C@@H]2c3ccccc3C(=O)N[C@H]2c2ccc(Cl)cc2Cl)c1. The fraction of sp³-hybridized carbons (Fsp3) is 0.333. The Morgan fingerprint density at radius 3 is 2.47 bits per heavy atom. The second-order valence-corrected chi connectivity index (χ2v) is 13.8. The van der Waals surface area contributed by atoms with E-state index >= 15 is 0 Å². The summed E-state index contributed by atoms with van der Waals surface area (Å²) in [6, 6.07) is 19.0. The predicted octanol–water partition coefficient (Wildman–Crippen LogP) is 5.64. The highest BCUT2D eigenvalue weighted by molar-refractivity contribution is 7.97. The lowest BCUT2D eigenvalue weighted by molar-refractivity contribution is -0.137. The first-order valence-corrected chi connectivity index (χ1v) is 17.3. The Kier molecular flexibility index (Phi) is 11.9. The van der Waals surface area contributed by atoms with Crippen molar-refractivity contribution in [3.63, 3.8) is 0 Å². The van der Waals surface area contributed by atoms with Gasteiger partial charge in [0.25, 0.3) is 11.8 Å². The van der Waals surface area contributed by atoms with Crippen molar-refractivity contribution >= 4 is 57.0 Å². The van der Waals surface area contributed by atoms with E-state index in [1.807, 2.05) is 24.3 Å². The Balaban J connectivity index is 0.000000324. The van der Waals surface area contributed by atoms with Gasteiger partial charge in [-0.2, -0.15) is 0 Å². The molecule has 2 aliphatic rings. The van der Waals surface area contributed by atoms with Crippen LogP contribution in [0.3, 0.4) is 0 Å². The lowest BCUT2D eigenvalue weighted by atomic mass is 9.80. The Labute approximate surface area is 266 Å². The quantitative estimate of drug-likeness (QED) is 0.180. The maximum Gasteiger partial charge on any atom is 0.253 e. The third-order valence-corrected chi connectivity index (χ3v) is 9.02. The molecule has 1 fully saturated rings. The van der Waals surface area contributed by atoms with Crippen molar-refractivity contribution in [1.82, 2.24) is 15.5 Å². The summed E-state index contributed by atoms with van der Waals surface area (Å²) >= 11 is 13.6. The van der Waals surface area contributed by atoms with Crippen LogP contribution in [0.5, 0.6) is 0 Å². The normalized spacial score (nSPS) is 18.6. The molecule has 1 saturated carbocycles. The van der Waals surface area contributed by atoms with E-state index in [-0.39, 0.29) is 18.6 Å². The molecule has 2 amide bonds. The topological polar surface area (TPSA) is 140 Å². The van der Waals surface area contributed by atoms with Gasteiger partial charge in [-0.25, -0.2) is 18.6 Å². The van der Waals surface area contributed by atoms with Gasteiger partial charge in [0.15, 0.2) is 0 Å². The number of rotatable bonds is 8. The zero-order chi connectivity index (χ0) is 31.0. The first-order valence-electron chi connectivity index (χ1n) is 13.7. The summed E-state index contributed by atoms with van der Waals surface area (Å²) in [5.74, 6) is -1.44. The standard InChI is InChI=1S/C23H19Cl2N3O3S.C7H15NO2S/c24-14-8-9-18(19(25)11-14)21-20(16-6-1-2-7-17(16)22(29)27-21)23(30)28-31-12-13-4-3-5-15(10-13)32-26;1-11(9,10)8-7-5-3-2-4-6-7/h1-11,20-21H,12,26H2,(H,27,29)(H,28,30);7-8H,2-6H2,1H3/t20-,21+;/m1./s1. The Morgan fingerprint density at radius 2 is 1.77 bits per heavy atom. The highest BCUT2D eigenvalue weighted by Crippen LogP contribution is 2.40. The summed E-state index contributed by atoms with van der Waals surface area (Å²) in [5, 5.41) is 9.32. The minimum absolute atomic E-state index is 0.160. The molecular formula is C30H34Cl2N4O5S2. The monoisotopic (exact) mass is 664 g/mol. The van der Waals surface area contributed by atoms with Crippen LogP contribution in [0, 0.1) is 0 Å². The molecule has 3 aromatic carbocycles. The number of nitrogens with two attached hydrogens (primary N) is 1. The number of carbonyl (C=O) groups excluding carboxylic acids is 2. The molecule has 0 bridgehead atoms. The second kappa shape index (κ2) is 15.4. The molecule has 1 heterocycles. The molecule has 0 unspecified atom stereocenters. The lowest BCUT2D eigenvalue weighted by Gasteiger charge is -2.33. The Bertz CT molecular complexity index is 1550. The van der Waals surface area contributed by atoms with E-state index in [0.29, 0.717) is 26.7 Å². The first kappa shape index (κ1) is 33.3. The molecule has 5 rings (SSSR count). The zero-order valence-electron chi connectivity index (χ0n) is 23.5. The first-order chi connectivity index (χ1) is 20.6. The van der Waals surface area contributed by atoms with Crippen LogP contribution < -0.4 is 20.7 Å². The van der Waals surface area contributed by atoms with Crippen molar-refractivity contribution in [1.29, 1.82) is 0 Å². The third kappa shape index (κ3) is 9.42. The van der Waals surface area contributed by atoms with Gasteiger partial charge in [-0.1, -0.05) is 78.9 Å². The maximum absolute atomic E-state index is 13.3. The van der Waals surface area contributed by atoms with Crippen LogP contribution >= 0.6 is 35.1 Å². The number of hydrogen-bond donors (Lipinski definition) is 4. The molecule has 3 aromatic rings. The molecular weight excluding hydrogens is 631 g/mol. The van der Waals surface area contributed by atoms with Crippen molar-refractivity contribution in [2.24, 2.45) is 5.14 Å². The smallest absolute Gasteiger partial charge is 0.253 e. The molecule has 0 radical (unpaired) electrons. The number of sulfonamides is 1. The molecule has 0 saturated heterocycles. The summed E-state index contributed by atoms with van der Waals surface area (Å²) < 4.78 is 24.2. The number of carbonyl (C=O) groups is 2. The van der Waals surface area contributed by atoms with Crippen LogP contribution in [0.4, 0.5) is 0 Å². The van der Waals surface area contributed by atoms with E-state index in [1.54, 1.807) is 42.5 Å². The van der Waals surface area contributed by atoms with Gasteiger partial charge >= 0.3 is 0 Å². The van der Waals surface area contributed by atoms with E-state index < -0.39 is 27.9 Å². The minimum Gasteiger partial charge on any atom is -0.344 e. The van der Waals surface area contributed by atoms with Gasteiger partial charge in [-0.05, 0) is 71.8 Å². The number of benzene rings is 3. The van der Waals surface area contributed by atoms with Crippen molar-refractivity contribution in [2.45, 2.75) is 61.6 Å². The molecule has 1 aliphatic carbocycles. The summed E-state index contributed by atoms with van der Waals surface area (Å²) in [4.78, 5) is 32.4. The molecule has 2 atom stereocenters. The van der Waals surface area contributed by atoms with Crippen LogP contribution in [0.2, 0.25) is 10.0 Å². The fourth-order valence-electron chi connectivity index (χ4n) is 5.25. The number of halogens is 2. The average Bonchev–Trinajstić information content (AvgIpc) is 2.97. The van der Waals surface area contributed by atoms with Crippen molar-refractivity contribution in [2.75, 3.05) is 6.26 Å². The maximum atomic E-state index is 13.3. The Hall–Kier alpha value is -2.64. The van der Waals surface area contributed by atoms with Crippen molar-refractivity contribution < 1.29 is 22.8 Å². The van der Waals surface area contributed by atoms with Crippen LogP contribution in [-0.4, -0.2) is 32.5 Å². The molecule has 43 heavy (non-hydrogen) atoms. The van der Waals surface area contributed by atoms with Crippen molar-refractivity contribution in [3.05, 3.63) is 99.0 Å². The number of fused-ring (bicyclic) bond motifs is 1. The molecule has 13 heteroatoms. The molecule has 230 valence electrons. The van der Waals surface area contributed by atoms with Gasteiger partial charge in [-0.15, -0.1) is 0 Å². The molecule has 9 nitrogen and oxygen atoms in total. The number of nitrogens with one attached hydrogen (secondary N) is 3. The lowest BCUT2D eigenvalue weighted by Crippen LogP contribution is -2.44. The number of hydrogen-bond acceptors (Lipinski definition) is 7. The number of hydroxylamine groups is 1. The fourth-order valence-corrected chi connectivity index (χ4v) is 6.99. The molecule has 1 aliphatic heterocycles. The van der Waals surface area contributed by atoms with Gasteiger partial charge in [0.1, 0.15) is 0 Å². The van der Waals surface area contributed by atoms with E-state index in [2.05, 4.69) is 15.5 Å². The van der Waals surface area contributed by atoms with Crippen LogP contribution in [-0.2, 0) is 26.3 Å². The van der Waals surface area contributed by atoms with Crippen LogP contribution in [0.1, 0.15) is 71.1 Å². The van der Waals surface area contributed by atoms with Gasteiger partial charge in [0.2, 0.25) is 10.0 Å². The van der Waals surface area contributed by atoms with E-state index in [9.17, 15) is 18.0 Å². The van der Waals surface area contributed by atoms with E-state index in [4.69, 9.17) is 33.2 Å². The van der Waals surface area contributed by atoms with Gasteiger partial charge in [-0.3, -0.25) is 19.6 Å². The minimum atomic E-state index is -2.97. The third-order valence-electron chi connectivity index (χ3n) is 7.17. The summed E-state index contributed by atoms with van der Waals surface area (Å²) in [6.07, 6.45) is 6.81. The summed E-state index contributed by atoms with van der Waals surface area (Å²) in [5.41, 5.74) is 5.00. The zero-order valence-corrected chi connectivity index (χ0v) is 26.7. The molecule has 5 N–H and O–H groups in total. The molecule has 0 aromatic heterocycles. The largest absolute Gasteiger partial charge is 0.344 e. The van der Waals surface area contributed by atoms with Crippen molar-refractivity contribution in [3.8, 4) is 0 Å². The van der Waals surface area contributed by atoms with Gasteiger partial charge in [0, 0.05) is 26.5 Å². The predicted molar refractivity (Wildman–Crippen MR) is 170 cm³/mol. The van der Waals surface area contributed by atoms with E-state index in [1.165, 1.54) is 12.7 Å². The average molecular weight is 666 g/mol. The van der Waals surface area contributed by atoms with E-state index in [0.717, 1.165) is 48.1 Å². The summed E-state index contributed by atoms with van der Waals surface area (Å²) in [6.45, 7) is 0.160. The van der Waals surface area contributed by atoms with Gasteiger partial charge in [0.05, 0.1) is 24.8 Å². The van der Waals surface area contributed by atoms with Gasteiger partial charge < -0.3 is 5.32 Å². The molecule has 0 spiro atoms. The highest BCUT2D eigenvalue weighted by Gasteiger charge is 2.40. The summed E-state index contributed by atoms with van der Waals surface area (Å²) in [7, 11) is -2.97. The van der Waals surface area contributed by atoms with Crippen LogP contribution in [0.15, 0.2) is 71.6 Å². The highest BCUT2D eigenvalue weighted by atomic mass is 35.5.